The van der Waals surface area contributed by atoms with Crippen molar-refractivity contribution in [3.63, 3.8) is 0 Å². The van der Waals surface area contributed by atoms with Gasteiger partial charge in [0.15, 0.2) is 0 Å². The molecule has 0 radical (unpaired) electrons. The van der Waals surface area contributed by atoms with Crippen molar-refractivity contribution in [1.29, 1.82) is 0 Å². The molecule has 3 heteroatoms. The van der Waals surface area contributed by atoms with Gasteiger partial charge in [0.2, 0.25) is 0 Å². The van der Waals surface area contributed by atoms with Crippen LogP contribution in [0.3, 0.4) is 0 Å². The van der Waals surface area contributed by atoms with Gasteiger partial charge in [0, 0.05) is 13.0 Å². The predicted molar refractivity (Wildman–Crippen MR) is 121 cm³/mol. The molecule has 0 spiro atoms. The van der Waals surface area contributed by atoms with Crippen LogP contribution >= 0.6 is 0 Å². The van der Waals surface area contributed by atoms with Crippen LogP contribution in [0.4, 0.5) is 0 Å². The predicted octanol–water partition coefficient (Wildman–Crippen LogP) is 7.68. The normalized spacial score (nSPS) is 19.5. The van der Waals surface area contributed by atoms with Crippen LogP contribution < -0.4 is 0 Å². The van der Waals surface area contributed by atoms with Crippen LogP contribution in [-0.2, 0) is 14.5 Å². The summed E-state index contributed by atoms with van der Waals surface area (Å²) in [5, 5.41) is 0. The summed E-state index contributed by atoms with van der Waals surface area (Å²) in [7, 11) is 1.91. The second kappa shape index (κ2) is 11.9. The Bertz CT molecular complexity index is 403. The van der Waals surface area contributed by atoms with Crippen molar-refractivity contribution < 1.29 is 14.5 Å². The maximum absolute atomic E-state index is 6.59. The summed E-state index contributed by atoms with van der Waals surface area (Å²) in [5.74, 6) is 1.55. The number of rotatable bonds is 14. The molecule has 0 aliphatic carbocycles. The molecule has 0 fully saturated rings. The minimum Gasteiger partial charge on any atom is -0.377 e. The van der Waals surface area contributed by atoms with Crippen molar-refractivity contribution in [2.24, 2.45) is 29.1 Å². The maximum atomic E-state index is 6.59. The minimum absolute atomic E-state index is 0.0316. The molecular formula is C25H52O3. The molecule has 170 valence electrons. The average Bonchev–Trinajstić information content (AvgIpc) is 2.59. The van der Waals surface area contributed by atoms with E-state index >= 15 is 0 Å². The van der Waals surface area contributed by atoms with E-state index in [1.807, 2.05) is 14.0 Å². The highest BCUT2D eigenvalue weighted by Crippen LogP contribution is 2.55. The van der Waals surface area contributed by atoms with E-state index in [0.717, 1.165) is 32.1 Å². The molecule has 0 aliphatic rings. The molecule has 28 heavy (non-hydrogen) atoms. The summed E-state index contributed by atoms with van der Waals surface area (Å²) in [6.45, 7) is 25.7. The minimum atomic E-state index is -0.360. The van der Waals surface area contributed by atoms with Gasteiger partial charge < -0.3 is 4.74 Å². The van der Waals surface area contributed by atoms with Crippen molar-refractivity contribution in [3.05, 3.63) is 0 Å². The van der Waals surface area contributed by atoms with Crippen molar-refractivity contribution in [2.75, 3.05) is 13.7 Å². The van der Waals surface area contributed by atoms with Gasteiger partial charge in [-0.05, 0) is 42.9 Å². The maximum Gasteiger partial charge on any atom is 0.110 e. The molecule has 4 unspecified atom stereocenters. The van der Waals surface area contributed by atoms with Crippen LogP contribution in [0.2, 0.25) is 0 Å². The van der Waals surface area contributed by atoms with Crippen molar-refractivity contribution >= 4 is 0 Å². The summed E-state index contributed by atoms with van der Waals surface area (Å²) in [4.78, 5) is 12.2. The third kappa shape index (κ3) is 6.19. The molecule has 0 aromatic rings. The van der Waals surface area contributed by atoms with Crippen molar-refractivity contribution in [2.45, 2.75) is 119 Å². The Hall–Kier alpha value is -0.120. The number of methoxy groups -OCH3 is 1. The summed E-state index contributed by atoms with van der Waals surface area (Å²) in [5.41, 5.74) is -0.702. The lowest BCUT2D eigenvalue weighted by Gasteiger charge is -2.59. The fourth-order valence-corrected chi connectivity index (χ4v) is 5.80. The van der Waals surface area contributed by atoms with Crippen LogP contribution in [0.15, 0.2) is 0 Å². The van der Waals surface area contributed by atoms with E-state index < -0.39 is 0 Å². The fourth-order valence-electron chi connectivity index (χ4n) is 5.80. The monoisotopic (exact) mass is 400 g/mol. The number of ether oxygens (including phenoxy) is 1. The number of unbranched alkanes of at least 4 members (excludes halogenated alkanes) is 1. The Morgan fingerprint density at radius 2 is 1.46 bits per heavy atom. The highest BCUT2D eigenvalue weighted by atomic mass is 17.2. The molecule has 0 heterocycles. The van der Waals surface area contributed by atoms with Gasteiger partial charge in [-0.2, -0.15) is 0 Å². The molecule has 0 saturated carbocycles. The first-order valence-corrected chi connectivity index (χ1v) is 11.8. The van der Waals surface area contributed by atoms with Gasteiger partial charge in [0.25, 0.3) is 0 Å². The second-order valence-electron chi connectivity index (χ2n) is 10.5. The van der Waals surface area contributed by atoms with E-state index in [9.17, 15) is 0 Å². The quantitative estimate of drug-likeness (QED) is 0.221. The standard InChI is InChI=1S/C25H52O3/c1-13-16-17-24(18-19(4)5,28-27-15-3)22(20(6)7)25(26-12,21(8)14-2)23(9,10)11/h19-22H,13-18H2,1-12H3. The molecule has 0 aliphatic heterocycles. The highest BCUT2D eigenvalue weighted by molar-refractivity contribution is 5.09. The van der Waals surface area contributed by atoms with Gasteiger partial charge in [0.1, 0.15) is 5.60 Å². The van der Waals surface area contributed by atoms with Crippen LogP contribution in [0, 0.1) is 29.1 Å². The van der Waals surface area contributed by atoms with E-state index in [2.05, 4.69) is 69.2 Å². The Kier molecular flexibility index (Phi) is 11.9. The second-order valence-corrected chi connectivity index (χ2v) is 10.5. The third-order valence-corrected chi connectivity index (χ3v) is 6.60. The van der Waals surface area contributed by atoms with Crippen LogP contribution in [-0.4, -0.2) is 24.9 Å². The van der Waals surface area contributed by atoms with Crippen LogP contribution in [0.1, 0.15) is 108 Å². The summed E-state index contributed by atoms with van der Waals surface area (Å²) < 4.78 is 6.59. The summed E-state index contributed by atoms with van der Waals surface area (Å²) >= 11 is 0. The lowest BCUT2D eigenvalue weighted by molar-refractivity contribution is -0.397. The zero-order valence-electron chi connectivity index (χ0n) is 21.3. The molecule has 0 saturated heterocycles. The molecule has 3 nitrogen and oxygen atoms in total. The van der Waals surface area contributed by atoms with Crippen LogP contribution in [0.25, 0.3) is 0 Å². The number of hydrogen-bond acceptors (Lipinski definition) is 3. The Labute approximate surface area is 177 Å². The molecule has 0 N–H and O–H groups in total. The Balaban J connectivity index is 6.82. The zero-order valence-corrected chi connectivity index (χ0v) is 21.3. The van der Waals surface area contributed by atoms with Gasteiger partial charge in [-0.25, -0.2) is 9.78 Å². The first-order chi connectivity index (χ1) is 12.9. The molecule has 0 bridgehead atoms. The van der Waals surface area contributed by atoms with E-state index in [-0.39, 0.29) is 22.5 Å². The number of hydrogen-bond donors (Lipinski definition) is 0. The Morgan fingerprint density at radius 3 is 1.79 bits per heavy atom. The fraction of sp³-hybridized carbons (Fsp3) is 1.00. The van der Waals surface area contributed by atoms with Crippen molar-refractivity contribution in [1.82, 2.24) is 0 Å². The van der Waals surface area contributed by atoms with Crippen LogP contribution in [0.5, 0.6) is 0 Å². The van der Waals surface area contributed by atoms with E-state index in [1.54, 1.807) is 0 Å². The molecule has 4 atom stereocenters. The van der Waals surface area contributed by atoms with Gasteiger partial charge in [-0.1, -0.05) is 88.5 Å². The largest absolute Gasteiger partial charge is 0.377 e. The highest BCUT2D eigenvalue weighted by Gasteiger charge is 2.60. The van der Waals surface area contributed by atoms with Crippen molar-refractivity contribution in [3.8, 4) is 0 Å². The first-order valence-electron chi connectivity index (χ1n) is 11.8. The SMILES string of the molecule is CCCCC(CC(C)C)(OOCC)C(C(C)C)C(OC)(C(C)CC)C(C)(C)C. The van der Waals surface area contributed by atoms with E-state index in [0.29, 0.717) is 24.4 Å². The molecule has 0 rings (SSSR count). The van der Waals surface area contributed by atoms with Gasteiger partial charge in [0.05, 0.1) is 12.2 Å². The average molecular weight is 401 g/mol. The molecular weight excluding hydrogens is 348 g/mol. The zero-order chi connectivity index (χ0) is 22.2. The van der Waals surface area contributed by atoms with E-state index in [1.165, 1.54) is 0 Å². The molecule has 0 amide bonds. The van der Waals surface area contributed by atoms with Gasteiger partial charge in [-0.15, -0.1) is 0 Å². The lowest BCUT2D eigenvalue weighted by Crippen LogP contribution is -2.65. The topological polar surface area (TPSA) is 27.7 Å². The van der Waals surface area contributed by atoms with E-state index in [4.69, 9.17) is 14.5 Å². The smallest absolute Gasteiger partial charge is 0.110 e. The van der Waals surface area contributed by atoms with Gasteiger partial charge >= 0.3 is 0 Å². The summed E-state index contributed by atoms with van der Waals surface area (Å²) in [6.07, 6.45) is 5.34. The molecule has 0 aromatic carbocycles. The third-order valence-electron chi connectivity index (χ3n) is 6.60. The first kappa shape index (κ1) is 27.9. The summed E-state index contributed by atoms with van der Waals surface area (Å²) in [6, 6.07) is 0. The Morgan fingerprint density at radius 1 is 0.893 bits per heavy atom. The van der Waals surface area contributed by atoms with Gasteiger partial charge in [-0.3, -0.25) is 0 Å². The lowest BCUT2D eigenvalue weighted by atomic mass is 9.53. The molecule has 0 aromatic heterocycles.